The molecule has 1 N–H and O–H groups in total. The monoisotopic (exact) mass is 389 g/mol. The van der Waals surface area contributed by atoms with Crippen molar-refractivity contribution in [3.8, 4) is 0 Å². The van der Waals surface area contributed by atoms with Crippen LogP contribution in [0.15, 0.2) is 18.2 Å². The van der Waals surface area contributed by atoms with Gasteiger partial charge >= 0.3 is 11.9 Å². The van der Waals surface area contributed by atoms with E-state index in [1.165, 1.54) is 6.07 Å². The van der Waals surface area contributed by atoms with Crippen molar-refractivity contribution in [3.05, 3.63) is 34.9 Å². The van der Waals surface area contributed by atoms with E-state index in [1.807, 2.05) is 12.0 Å². The molecule has 0 unspecified atom stereocenters. The van der Waals surface area contributed by atoms with Gasteiger partial charge in [0.15, 0.2) is 0 Å². The summed E-state index contributed by atoms with van der Waals surface area (Å²) in [5.74, 6) is -1.37. The number of carboxylic acids is 1. The van der Waals surface area contributed by atoms with Crippen molar-refractivity contribution < 1.29 is 19.5 Å². The molecule has 1 aromatic rings. The van der Waals surface area contributed by atoms with Crippen LogP contribution in [-0.4, -0.2) is 33.2 Å². The molecule has 0 aliphatic carbocycles. The molecular formula is C23H35NO4. The highest BCUT2D eigenvalue weighted by Crippen LogP contribution is 2.46. The van der Waals surface area contributed by atoms with Gasteiger partial charge in [0.25, 0.3) is 0 Å². The van der Waals surface area contributed by atoms with Crippen LogP contribution in [0.4, 0.5) is 0 Å². The number of rotatable bonds is 8. The van der Waals surface area contributed by atoms with E-state index in [4.69, 9.17) is 4.84 Å². The van der Waals surface area contributed by atoms with Crippen molar-refractivity contribution in [2.75, 3.05) is 0 Å². The molecule has 1 aliphatic rings. The Labute approximate surface area is 169 Å². The molecule has 1 aliphatic heterocycles. The number of carboxylic acid groups (broad SMARTS) is 1. The van der Waals surface area contributed by atoms with Gasteiger partial charge in [0.2, 0.25) is 0 Å². The predicted molar refractivity (Wildman–Crippen MR) is 111 cm³/mol. The maximum Gasteiger partial charge on any atom is 0.357 e. The van der Waals surface area contributed by atoms with Crippen molar-refractivity contribution in [2.45, 2.75) is 97.1 Å². The molecule has 156 valence electrons. The minimum absolute atomic E-state index is 0.146. The van der Waals surface area contributed by atoms with E-state index >= 15 is 0 Å². The maximum absolute atomic E-state index is 13.2. The Morgan fingerprint density at radius 3 is 1.96 bits per heavy atom. The third kappa shape index (κ3) is 3.95. The highest BCUT2D eigenvalue weighted by atomic mass is 16.7. The Morgan fingerprint density at radius 1 is 1.00 bits per heavy atom. The SMILES string of the molecule is CCc1cc(C(=O)O)ccc1C(=O)ON1C(CC)(CC)CCCC1(CC)CC. The molecule has 0 spiro atoms. The van der Waals surface area contributed by atoms with E-state index in [1.54, 1.807) is 12.1 Å². The van der Waals surface area contributed by atoms with E-state index in [0.717, 1.165) is 44.9 Å². The van der Waals surface area contributed by atoms with Gasteiger partial charge in [0.05, 0.1) is 22.2 Å². The largest absolute Gasteiger partial charge is 0.478 e. The van der Waals surface area contributed by atoms with Crippen molar-refractivity contribution in [1.82, 2.24) is 5.06 Å². The fraction of sp³-hybridized carbons (Fsp3) is 0.652. The molecule has 0 bridgehead atoms. The number of nitrogens with zero attached hydrogens (tertiary/aromatic N) is 1. The number of aryl methyl sites for hydroxylation is 1. The molecule has 0 saturated carbocycles. The molecule has 0 radical (unpaired) electrons. The number of aromatic carboxylic acids is 1. The number of hydroxylamine groups is 2. The molecule has 1 saturated heterocycles. The van der Waals surface area contributed by atoms with Gasteiger partial charge in [-0.2, -0.15) is 0 Å². The van der Waals surface area contributed by atoms with Crippen molar-refractivity contribution in [3.63, 3.8) is 0 Å². The second-order valence-electron chi connectivity index (χ2n) is 7.92. The molecule has 5 heteroatoms. The number of piperidine rings is 1. The molecule has 1 fully saturated rings. The summed E-state index contributed by atoms with van der Waals surface area (Å²) in [6.45, 7) is 10.6. The van der Waals surface area contributed by atoms with Crippen LogP contribution in [0, 0.1) is 0 Å². The Morgan fingerprint density at radius 2 is 1.54 bits per heavy atom. The summed E-state index contributed by atoms with van der Waals surface area (Å²) in [5.41, 5.74) is 1.07. The fourth-order valence-corrected chi connectivity index (χ4v) is 4.78. The van der Waals surface area contributed by atoms with Crippen LogP contribution in [0.5, 0.6) is 0 Å². The van der Waals surface area contributed by atoms with E-state index in [0.29, 0.717) is 17.5 Å². The summed E-state index contributed by atoms with van der Waals surface area (Å²) in [5, 5.41) is 11.3. The zero-order chi connectivity index (χ0) is 20.9. The van der Waals surface area contributed by atoms with Gasteiger partial charge in [-0.05, 0) is 75.1 Å². The van der Waals surface area contributed by atoms with Gasteiger partial charge in [-0.3, -0.25) is 0 Å². The Hall–Kier alpha value is -1.88. The first-order chi connectivity index (χ1) is 13.3. The molecule has 2 rings (SSSR count). The summed E-state index contributed by atoms with van der Waals surface area (Å²) in [6.07, 6.45) is 7.47. The van der Waals surface area contributed by atoms with Gasteiger partial charge in [-0.1, -0.05) is 34.6 Å². The molecule has 5 nitrogen and oxygen atoms in total. The lowest BCUT2D eigenvalue weighted by Gasteiger charge is -2.55. The van der Waals surface area contributed by atoms with Crippen LogP contribution < -0.4 is 0 Å². The number of benzene rings is 1. The van der Waals surface area contributed by atoms with Crippen molar-refractivity contribution in [1.29, 1.82) is 0 Å². The molecule has 0 aromatic heterocycles. The Balaban J connectivity index is 2.43. The van der Waals surface area contributed by atoms with E-state index in [2.05, 4.69) is 27.7 Å². The highest BCUT2D eigenvalue weighted by molar-refractivity contribution is 5.94. The molecule has 1 heterocycles. The van der Waals surface area contributed by atoms with Gasteiger partial charge in [-0.15, -0.1) is 5.06 Å². The topological polar surface area (TPSA) is 66.8 Å². The molecule has 0 atom stereocenters. The quantitative estimate of drug-likeness (QED) is 0.625. The average Bonchev–Trinajstić information content (AvgIpc) is 2.73. The van der Waals surface area contributed by atoms with E-state index in [9.17, 15) is 14.7 Å². The minimum atomic E-state index is -0.988. The summed E-state index contributed by atoms with van der Waals surface area (Å²) in [7, 11) is 0. The lowest BCUT2D eigenvalue weighted by Crippen LogP contribution is -2.63. The minimum Gasteiger partial charge on any atom is -0.478 e. The molecule has 1 aromatic carbocycles. The van der Waals surface area contributed by atoms with Crippen LogP contribution in [0.3, 0.4) is 0 Å². The zero-order valence-electron chi connectivity index (χ0n) is 18.0. The maximum atomic E-state index is 13.2. The second-order valence-corrected chi connectivity index (χ2v) is 7.92. The number of carbonyl (C=O) groups excluding carboxylic acids is 1. The van der Waals surface area contributed by atoms with Gasteiger partial charge in [0, 0.05) is 0 Å². The third-order valence-corrected chi connectivity index (χ3v) is 6.91. The summed E-state index contributed by atoms with van der Waals surface area (Å²) in [4.78, 5) is 30.6. The first-order valence-electron chi connectivity index (χ1n) is 10.7. The van der Waals surface area contributed by atoms with Crippen LogP contribution in [0.25, 0.3) is 0 Å². The van der Waals surface area contributed by atoms with Gasteiger partial charge in [-0.25, -0.2) is 9.59 Å². The first kappa shape index (κ1) is 22.4. The molecule has 28 heavy (non-hydrogen) atoms. The van der Waals surface area contributed by atoms with Crippen molar-refractivity contribution in [2.24, 2.45) is 0 Å². The van der Waals surface area contributed by atoms with Crippen LogP contribution in [0.2, 0.25) is 0 Å². The number of hydrogen-bond acceptors (Lipinski definition) is 4. The average molecular weight is 390 g/mol. The Kier molecular flexibility index (Phi) is 7.27. The zero-order valence-corrected chi connectivity index (χ0v) is 18.0. The van der Waals surface area contributed by atoms with Crippen LogP contribution in [0.1, 0.15) is 106 Å². The lowest BCUT2D eigenvalue weighted by atomic mass is 9.73. The third-order valence-electron chi connectivity index (χ3n) is 6.91. The van der Waals surface area contributed by atoms with Gasteiger partial charge in [0.1, 0.15) is 0 Å². The Bertz CT molecular complexity index is 685. The fourth-order valence-electron chi connectivity index (χ4n) is 4.78. The van der Waals surface area contributed by atoms with Crippen LogP contribution >= 0.6 is 0 Å². The summed E-state index contributed by atoms with van der Waals surface area (Å²) < 4.78 is 0. The van der Waals surface area contributed by atoms with Crippen molar-refractivity contribution >= 4 is 11.9 Å². The molecular weight excluding hydrogens is 354 g/mol. The lowest BCUT2D eigenvalue weighted by molar-refractivity contribution is -0.264. The number of carbonyl (C=O) groups is 2. The highest BCUT2D eigenvalue weighted by Gasteiger charge is 2.51. The summed E-state index contributed by atoms with van der Waals surface area (Å²) >= 11 is 0. The first-order valence-corrected chi connectivity index (χ1v) is 10.7. The summed E-state index contributed by atoms with van der Waals surface area (Å²) in [6, 6.07) is 4.65. The molecule has 0 amide bonds. The van der Waals surface area contributed by atoms with E-state index in [-0.39, 0.29) is 22.6 Å². The van der Waals surface area contributed by atoms with E-state index < -0.39 is 5.97 Å². The predicted octanol–water partition coefficient (Wildman–Crippen LogP) is 5.62. The second kappa shape index (κ2) is 9.08. The standard InChI is InChI=1S/C23H35NO4/c1-6-17-16-18(20(25)26)12-13-19(17)21(27)28-24-22(7-2,8-3)14-11-15-23(24,9-4)10-5/h12-13,16H,6-11,14-15H2,1-5H3,(H,25,26). The van der Waals surface area contributed by atoms with Gasteiger partial charge < -0.3 is 9.94 Å². The normalized spacial score (nSPS) is 18.6. The van der Waals surface area contributed by atoms with Crippen LogP contribution in [-0.2, 0) is 11.3 Å². The number of hydrogen-bond donors (Lipinski definition) is 1. The smallest absolute Gasteiger partial charge is 0.357 e.